The van der Waals surface area contributed by atoms with Gasteiger partial charge in [-0.1, -0.05) is 86.0 Å². The van der Waals surface area contributed by atoms with E-state index in [0.29, 0.717) is 44.0 Å². The van der Waals surface area contributed by atoms with E-state index in [2.05, 4.69) is 42.0 Å². The number of hydrogen-bond acceptors (Lipinski definition) is 6. The maximum atomic E-state index is 15.0. The van der Waals surface area contributed by atoms with Crippen LogP contribution in [-0.2, 0) is 30.0 Å². The van der Waals surface area contributed by atoms with Crippen molar-refractivity contribution in [3.05, 3.63) is 0 Å². The van der Waals surface area contributed by atoms with Crippen molar-refractivity contribution in [2.75, 3.05) is 18.8 Å². The van der Waals surface area contributed by atoms with E-state index in [1.807, 2.05) is 27.7 Å². The first-order valence-corrected chi connectivity index (χ1v) is 22.3. The molecule has 4 N–H and O–H groups in total. The number of nitrogens with one attached hydrogen (secondary N) is 4. The van der Waals surface area contributed by atoms with Crippen LogP contribution in [-0.4, -0.2) is 85.9 Å². The first-order chi connectivity index (χ1) is 25.0. The molecule has 302 valence electrons. The highest BCUT2D eigenvalue weighted by molar-refractivity contribution is 7.86. The Bertz CT molecular complexity index is 1320. The summed E-state index contributed by atoms with van der Waals surface area (Å²) in [5.74, 6) is -0.972. The summed E-state index contributed by atoms with van der Waals surface area (Å²) in [5.41, 5.74) is -1.14. The van der Waals surface area contributed by atoms with Crippen LogP contribution >= 0.6 is 0 Å². The smallest absolute Gasteiger partial charge is 0.315 e. The van der Waals surface area contributed by atoms with Gasteiger partial charge >= 0.3 is 6.03 Å². The second kappa shape index (κ2) is 18.9. The Labute approximate surface area is 321 Å². The van der Waals surface area contributed by atoms with Crippen molar-refractivity contribution in [1.29, 1.82) is 0 Å². The number of likely N-dealkylation sites (tertiary alicyclic amines) is 1. The molecule has 0 aromatic heterocycles. The lowest BCUT2D eigenvalue weighted by Crippen LogP contribution is -2.64. The van der Waals surface area contributed by atoms with Crippen LogP contribution in [0.25, 0.3) is 0 Å². The molecular formula is C41H71N5O6S. The van der Waals surface area contributed by atoms with Crippen LogP contribution in [0.4, 0.5) is 4.79 Å². The molecule has 0 radical (unpaired) electrons. The summed E-state index contributed by atoms with van der Waals surface area (Å²) >= 11 is 0. The Morgan fingerprint density at radius 2 is 1.53 bits per heavy atom. The van der Waals surface area contributed by atoms with E-state index in [1.165, 1.54) is 0 Å². The highest BCUT2D eigenvalue weighted by Gasteiger charge is 2.49. The molecule has 0 bridgehead atoms. The van der Waals surface area contributed by atoms with Crippen molar-refractivity contribution in [2.24, 2.45) is 23.2 Å². The van der Waals surface area contributed by atoms with Crippen molar-refractivity contribution >= 4 is 40.3 Å². The van der Waals surface area contributed by atoms with Gasteiger partial charge in [-0.2, -0.15) is 0 Å². The first kappa shape index (κ1) is 43.2. The Morgan fingerprint density at radius 1 is 0.906 bits per heavy atom. The minimum atomic E-state index is -1.16. The van der Waals surface area contributed by atoms with Crippen LogP contribution in [0.1, 0.15) is 158 Å². The van der Waals surface area contributed by atoms with Crippen LogP contribution in [0.15, 0.2) is 0 Å². The topological polar surface area (TPSA) is 154 Å². The summed E-state index contributed by atoms with van der Waals surface area (Å²) < 4.78 is 13.2. The number of hydrogen-bond donors (Lipinski definition) is 4. The van der Waals surface area contributed by atoms with Crippen LogP contribution in [0, 0.1) is 23.2 Å². The van der Waals surface area contributed by atoms with E-state index in [1.54, 1.807) is 4.90 Å². The van der Waals surface area contributed by atoms with Gasteiger partial charge in [0.15, 0.2) is 0 Å². The van der Waals surface area contributed by atoms with Crippen molar-refractivity contribution in [2.45, 2.75) is 186 Å². The molecule has 1 heterocycles. The number of ketones is 1. The van der Waals surface area contributed by atoms with E-state index < -0.39 is 63.5 Å². The molecule has 2 unspecified atom stereocenters. The Kier molecular flexibility index (Phi) is 15.4. The Hall–Kier alpha value is -2.50. The zero-order valence-corrected chi connectivity index (χ0v) is 34.7. The molecule has 11 nitrogen and oxygen atoms in total. The van der Waals surface area contributed by atoms with Crippen LogP contribution in [0.3, 0.4) is 0 Å². The summed E-state index contributed by atoms with van der Waals surface area (Å²) in [6, 6.07) is -3.09. The number of amides is 5. The molecule has 1 aliphatic heterocycles. The van der Waals surface area contributed by atoms with Crippen LogP contribution < -0.4 is 21.3 Å². The van der Waals surface area contributed by atoms with E-state index >= 15 is 0 Å². The van der Waals surface area contributed by atoms with E-state index in [-0.39, 0.29) is 22.5 Å². The molecule has 4 fully saturated rings. The lowest BCUT2D eigenvalue weighted by molar-refractivity contribution is -0.144. The van der Waals surface area contributed by atoms with Crippen molar-refractivity contribution in [3.8, 4) is 0 Å². The zero-order valence-electron chi connectivity index (χ0n) is 33.9. The van der Waals surface area contributed by atoms with Gasteiger partial charge < -0.3 is 26.2 Å². The van der Waals surface area contributed by atoms with E-state index in [9.17, 15) is 28.2 Å². The molecule has 4 rings (SSSR count). The SMILES string of the molecule is CCCCC(NC(=O)[C@@H]1C[C@@H](C(C)C)CN1C(=O)[C@@H](NC(=O)NC1(CS(=O)C(C)(C)CC)CCCCC1)C1(C)CCCCC1)C(=O)C(=O)NCC1CC1. The van der Waals surface area contributed by atoms with Gasteiger partial charge in [0.2, 0.25) is 17.6 Å². The summed E-state index contributed by atoms with van der Waals surface area (Å²) in [6.45, 7) is 15.2. The van der Waals surface area contributed by atoms with E-state index in [0.717, 1.165) is 89.9 Å². The summed E-state index contributed by atoms with van der Waals surface area (Å²) in [7, 11) is -1.16. The van der Waals surface area contributed by atoms with Gasteiger partial charge in [0.25, 0.3) is 5.91 Å². The summed E-state index contributed by atoms with van der Waals surface area (Å²) in [6.07, 6.45) is 14.0. The van der Waals surface area contributed by atoms with Crippen molar-refractivity contribution in [1.82, 2.24) is 26.2 Å². The summed E-state index contributed by atoms with van der Waals surface area (Å²) in [5, 5.41) is 12.1. The monoisotopic (exact) mass is 762 g/mol. The van der Waals surface area contributed by atoms with Crippen molar-refractivity contribution < 1.29 is 28.2 Å². The molecule has 53 heavy (non-hydrogen) atoms. The number of urea groups is 1. The standard InChI is InChI=1S/C41H71N5O6S/c1-8-10-17-31(33(47)36(49)42-25-29-18-19-29)43-35(48)32-24-30(28(3)4)26-46(32)37(50)34(40(7)20-13-11-14-21-40)44-38(51)45-41(22-15-12-16-23-41)27-53(52)39(5,6)9-2/h28-32,34H,8-27H2,1-7H3,(H,42,49)(H,43,48)(H2,44,45,51)/t30-,31?,32+,34-,53?/m1/s1. The average molecular weight is 762 g/mol. The maximum absolute atomic E-state index is 15.0. The van der Waals surface area contributed by atoms with Crippen LogP contribution in [0.2, 0.25) is 0 Å². The molecule has 12 heteroatoms. The molecule has 5 amide bonds. The first-order valence-electron chi connectivity index (χ1n) is 20.9. The number of unbranched alkanes of at least 4 members (excludes halogenated alkanes) is 1. The summed E-state index contributed by atoms with van der Waals surface area (Å²) in [4.78, 5) is 71.2. The largest absolute Gasteiger partial charge is 0.349 e. The fourth-order valence-corrected chi connectivity index (χ4v) is 10.1. The molecule has 5 atom stereocenters. The molecule has 0 aromatic carbocycles. The maximum Gasteiger partial charge on any atom is 0.315 e. The fraction of sp³-hybridized carbons (Fsp3) is 0.878. The quantitative estimate of drug-likeness (QED) is 0.128. The highest BCUT2D eigenvalue weighted by Crippen LogP contribution is 2.41. The molecule has 1 saturated heterocycles. The van der Waals surface area contributed by atoms with Gasteiger partial charge in [-0.15, -0.1) is 0 Å². The second-order valence-corrected chi connectivity index (χ2v) is 20.2. The van der Waals surface area contributed by atoms with Gasteiger partial charge in [-0.25, -0.2) is 4.79 Å². The molecule has 0 spiro atoms. The molecule has 0 aromatic rings. The number of nitrogens with zero attached hydrogens (tertiary/aromatic N) is 1. The minimum Gasteiger partial charge on any atom is -0.349 e. The average Bonchev–Trinajstić information content (AvgIpc) is 3.85. The second-order valence-electron chi connectivity index (χ2n) is 18.2. The number of carbonyl (C=O) groups is 5. The Balaban J connectivity index is 1.58. The van der Waals surface area contributed by atoms with Crippen LogP contribution in [0.5, 0.6) is 0 Å². The van der Waals surface area contributed by atoms with Gasteiger partial charge in [0.05, 0.1) is 11.6 Å². The number of carbonyl (C=O) groups excluding carboxylic acids is 5. The normalized spacial score (nSPS) is 24.5. The number of rotatable bonds is 18. The molecule has 4 aliphatic rings. The van der Waals surface area contributed by atoms with Gasteiger partial charge in [-0.05, 0) is 94.8 Å². The molecular weight excluding hydrogens is 691 g/mol. The predicted octanol–water partition coefficient (Wildman–Crippen LogP) is 5.91. The minimum absolute atomic E-state index is 0.0531. The van der Waals surface area contributed by atoms with E-state index in [4.69, 9.17) is 0 Å². The van der Waals surface area contributed by atoms with Crippen molar-refractivity contribution in [3.63, 3.8) is 0 Å². The number of Topliss-reactive ketones (excluding diaryl/α,β-unsaturated/α-hetero) is 1. The predicted molar refractivity (Wildman–Crippen MR) is 210 cm³/mol. The molecule has 3 saturated carbocycles. The molecule has 3 aliphatic carbocycles. The Morgan fingerprint density at radius 3 is 2.09 bits per heavy atom. The third-order valence-corrected chi connectivity index (χ3v) is 15.4. The third-order valence-electron chi connectivity index (χ3n) is 13.1. The van der Waals surface area contributed by atoms with Gasteiger partial charge in [-0.3, -0.25) is 23.4 Å². The fourth-order valence-electron chi connectivity index (χ4n) is 8.49. The lowest BCUT2D eigenvalue weighted by Gasteiger charge is -2.44. The van der Waals surface area contributed by atoms with Gasteiger partial charge in [0, 0.05) is 34.4 Å². The van der Waals surface area contributed by atoms with Gasteiger partial charge in [0.1, 0.15) is 12.1 Å². The lowest BCUT2D eigenvalue weighted by atomic mass is 9.70. The highest BCUT2D eigenvalue weighted by atomic mass is 32.2. The third kappa shape index (κ3) is 11.5. The zero-order chi connectivity index (χ0) is 39.0.